The highest BCUT2D eigenvalue weighted by Crippen LogP contribution is 2.40. The van der Waals surface area contributed by atoms with Crippen LogP contribution in [0.4, 0.5) is 4.79 Å². The fraction of sp³-hybridized carbons (Fsp3) is 0.381. The highest BCUT2D eigenvalue weighted by atomic mass is 35.5. The van der Waals surface area contributed by atoms with E-state index in [9.17, 15) is 9.90 Å². The molecule has 1 unspecified atom stereocenters. The summed E-state index contributed by atoms with van der Waals surface area (Å²) in [4.78, 5) is 13.9. The van der Waals surface area contributed by atoms with Gasteiger partial charge in [0.25, 0.3) is 0 Å². The maximum absolute atomic E-state index is 12.4. The average Bonchev–Trinajstić information content (AvgIpc) is 3.05. The van der Waals surface area contributed by atoms with Crippen molar-refractivity contribution in [2.75, 3.05) is 20.4 Å². The number of aliphatic hydroxyl groups is 1. The molecular formula is C21H24ClNO5. The number of aryl methyl sites for hydroxylation is 1. The Kier molecular flexibility index (Phi) is 6.44. The maximum Gasteiger partial charge on any atom is 0.412 e. The number of nitrogens with zero attached hydrogens (tertiary/aromatic N) is 1. The zero-order chi connectivity index (χ0) is 20.1. The van der Waals surface area contributed by atoms with E-state index in [1.165, 1.54) is 12.0 Å². The van der Waals surface area contributed by atoms with E-state index in [0.29, 0.717) is 29.2 Å². The Labute approximate surface area is 169 Å². The van der Waals surface area contributed by atoms with Crippen LogP contribution in [0.15, 0.2) is 48.5 Å². The molecule has 1 heterocycles. The lowest BCUT2D eigenvalue weighted by Gasteiger charge is -2.32. The van der Waals surface area contributed by atoms with Gasteiger partial charge in [0, 0.05) is 5.56 Å². The van der Waals surface area contributed by atoms with Gasteiger partial charge in [0.1, 0.15) is 12.5 Å². The number of rotatable bonds is 6. The van der Waals surface area contributed by atoms with Gasteiger partial charge in [0.05, 0.1) is 24.8 Å². The molecule has 2 aromatic carbocycles. The van der Waals surface area contributed by atoms with Crippen molar-refractivity contribution >= 4 is 17.7 Å². The minimum Gasteiger partial charge on any atom is -0.495 e. The summed E-state index contributed by atoms with van der Waals surface area (Å²) in [6.45, 7) is 1.91. The summed E-state index contributed by atoms with van der Waals surface area (Å²) in [7, 11) is 1.50. The first-order chi connectivity index (χ1) is 13.5. The number of halogens is 1. The fourth-order valence-corrected chi connectivity index (χ4v) is 3.60. The Morgan fingerprint density at radius 3 is 2.75 bits per heavy atom. The number of benzene rings is 2. The third-order valence-corrected chi connectivity index (χ3v) is 5.18. The smallest absolute Gasteiger partial charge is 0.412 e. The molecule has 3 rings (SSSR count). The molecule has 2 aromatic rings. The molecule has 28 heavy (non-hydrogen) atoms. The van der Waals surface area contributed by atoms with Crippen LogP contribution in [0, 0.1) is 0 Å². The van der Waals surface area contributed by atoms with E-state index >= 15 is 0 Å². The molecule has 0 aromatic heterocycles. The van der Waals surface area contributed by atoms with Gasteiger partial charge in [-0.25, -0.2) is 4.79 Å². The first kappa shape index (κ1) is 20.5. The largest absolute Gasteiger partial charge is 0.495 e. The molecule has 0 aliphatic carbocycles. The molecule has 0 saturated carbocycles. The second-order valence-corrected chi connectivity index (χ2v) is 6.94. The Morgan fingerprint density at radius 2 is 2.07 bits per heavy atom. The highest BCUT2D eigenvalue weighted by Gasteiger charge is 2.51. The van der Waals surface area contributed by atoms with Crippen molar-refractivity contribution in [1.82, 2.24) is 4.90 Å². The third-order valence-electron chi connectivity index (χ3n) is 4.87. The van der Waals surface area contributed by atoms with Gasteiger partial charge < -0.3 is 19.3 Å². The fourth-order valence-electron chi connectivity index (χ4n) is 3.41. The molecule has 1 amide bonds. The summed E-state index contributed by atoms with van der Waals surface area (Å²) in [5.74, 6) is -1.27. The Morgan fingerprint density at radius 1 is 1.32 bits per heavy atom. The molecule has 7 heteroatoms. The van der Waals surface area contributed by atoms with Crippen LogP contribution in [-0.2, 0) is 21.7 Å². The topological polar surface area (TPSA) is 68.2 Å². The molecule has 1 saturated heterocycles. The molecule has 0 spiro atoms. The Bertz CT molecular complexity index is 816. The zero-order valence-electron chi connectivity index (χ0n) is 15.9. The summed E-state index contributed by atoms with van der Waals surface area (Å²) in [5, 5.41) is 11.9. The van der Waals surface area contributed by atoms with Crippen LogP contribution < -0.4 is 4.74 Å². The second-order valence-electron chi connectivity index (χ2n) is 6.53. The van der Waals surface area contributed by atoms with Crippen LogP contribution in [0.25, 0.3) is 0 Å². The Balaban J connectivity index is 1.91. The monoisotopic (exact) mass is 405 g/mol. The number of carbonyl (C=O) groups is 1. The van der Waals surface area contributed by atoms with Gasteiger partial charge in [0.2, 0.25) is 5.79 Å². The number of hydrogen-bond acceptors (Lipinski definition) is 5. The minimum atomic E-state index is -1.70. The van der Waals surface area contributed by atoms with E-state index < -0.39 is 17.9 Å². The lowest BCUT2D eigenvalue weighted by atomic mass is 9.92. The summed E-state index contributed by atoms with van der Waals surface area (Å²) >= 11 is 6.11. The Hall–Kier alpha value is -2.28. The van der Waals surface area contributed by atoms with E-state index in [0.717, 1.165) is 5.56 Å². The molecule has 0 bridgehead atoms. The lowest BCUT2D eigenvalue weighted by Crippen LogP contribution is -2.46. The SMILES string of the molecule is CCOC(=O)N1COC(O)(c2ccc(Cl)c(OC)c2)[C@@H]1CCc1ccccc1. The summed E-state index contributed by atoms with van der Waals surface area (Å²) in [6.07, 6.45) is 0.639. The van der Waals surface area contributed by atoms with Crippen LogP contribution in [-0.4, -0.2) is 42.6 Å². The summed E-state index contributed by atoms with van der Waals surface area (Å²) in [5.41, 5.74) is 1.58. The minimum absolute atomic E-state index is 0.0697. The molecule has 0 radical (unpaired) electrons. The molecule has 1 aliphatic heterocycles. The van der Waals surface area contributed by atoms with Gasteiger partial charge in [-0.2, -0.15) is 0 Å². The highest BCUT2D eigenvalue weighted by molar-refractivity contribution is 6.32. The van der Waals surface area contributed by atoms with Crippen LogP contribution in [0.1, 0.15) is 24.5 Å². The van der Waals surface area contributed by atoms with Crippen LogP contribution in [0.3, 0.4) is 0 Å². The van der Waals surface area contributed by atoms with E-state index in [2.05, 4.69) is 0 Å². The van der Waals surface area contributed by atoms with Gasteiger partial charge in [-0.15, -0.1) is 0 Å². The average molecular weight is 406 g/mol. The van der Waals surface area contributed by atoms with Gasteiger partial charge in [-0.3, -0.25) is 4.90 Å². The molecular weight excluding hydrogens is 382 g/mol. The van der Waals surface area contributed by atoms with Crippen molar-refractivity contribution in [1.29, 1.82) is 0 Å². The molecule has 2 atom stereocenters. The van der Waals surface area contributed by atoms with Gasteiger partial charge in [-0.05, 0) is 37.5 Å². The second kappa shape index (κ2) is 8.82. The van der Waals surface area contributed by atoms with E-state index in [1.54, 1.807) is 25.1 Å². The molecule has 1 N–H and O–H groups in total. The molecule has 1 fully saturated rings. The molecule has 1 aliphatic rings. The van der Waals surface area contributed by atoms with Crippen LogP contribution >= 0.6 is 11.6 Å². The van der Waals surface area contributed by atoms with E-state index in [1.807, 2.05) is 30.3 Å². The van der Waals surface area contributed by atoms with Crippen molar-refractivity contribution in [3.63, 3.8) is 0 Å². The van der Waals surface area contributed by atoms with E-state index in [4.69, 9.17) is 25.8 Å². The molecule has 6 nitrogen and oxygen atoms in total. The first-order valence-electron chi connectivity index (χ1n) is 9.17. The number of carbonyl (C=O) groups excluding carboxylic acids is 1. The quantitative estimate of drug-likeness (QED) is 0.788. The summed E-state index contributed by atoms with van der Waals surface area (Å²) in [6, 6.07) is 14.2. The third kappa shape index (κ3) is 4.09. The summed E-state index contributed by atoms with van der Waals surface area (Å²) < 4.78 is 16.1. The standard InChI is InChI=1S/C21H24ClNO5/c1-3-27-20(24)23-14-28-21(25,16-10-11-17(22)18(13-16)26-2)19(23)12-9-15-7-5-4-6-8-15/h4-8,10-11,13,19,25H,3,9,12,14H2,1-2H3/t19-,21?/m0/s1. The number of methoxy groups -OCH3 is 1. The van der Waals surface area contributed by atoms with Crippen molar-refractivity contribution in [3.05, 3.63) is 64.7 Å². The predicted octanol–water partition coefficient (Wildman–Crippen LogP) is 3.94. The van der Waals surface area contributed by atoms with Crippen molar-refractivity contribution in [2.24, 2.45) is 0 Å². The molecule has 150 valence electrons. The van der Waals surface area contributed by atoms with Crippen molar-refractivity contribution in [3.8, 4) is 5.75 Å². The van der Waals surface area contributed by atoms with Gasteiger partial charge >= 0.3 is 6.09 Å². The van der Waals surface area contributed by atoms with Crippen molar-refractivity contribution < 1.29 is 24.1 Å². The number of hydrogen-bond donors (Lipinski definition) is 1. The normalized spacial score (nSPS) is 21.6. The number of ether oxygens (including phenoxy) is 3. The number of amides is 1. The lowest BCUT2D eigenvalue weighted by molar-refractivity contribution is -0.188. The van der Waals surface area contributed by atoms with Gasteiger partial charge in [-0.1, -0.05) is 48.0 Å². The van der Waals surface area contributed by atoms with Crippen LogP contribution in [0.5, 0.6) is 5.75 Å². The maximum atomic E-state index is 12.4. The first-order valence-corrected chi connectivity index (χ1v) is 9.55. The van der Waals surface area contributed by atoms with Crippen molar-refractivity contribution in [2.45, 2.75) is 31.6 Å². The van der Waals surface area contributed by atoms with Crippen LogP contribution in [0.2, 0.25) is 5.02 Å². The van der Waals surface area contributed by atoms with E-state index in [-0.39, 0.29) is 13.3 Å². The van der Waals surface area contributed by atoms with Gasteiger partial charge in [0.15, 0.2) is 0 Å². The predicted molar refractivity (Wildman–Crippen MR) is 105 cm³/mol. The zero-order valence-corrected chi connectivity index (χ0v) is 16.7.